The third kappa shape index (κ3) is 2.13. The summed E-state index contributed by atoms with van der Waals surface area (Å²) in [6, 6.07) is 0. The van der Waals surface area contributed by atoms with E-state index in [1.807, 2.05) is 0 Å². The monoisotopic (exact) mass is 313 g/mol. The highest BCUT2D eigenvalue weighted by molar-refractivity contribution is 7.11. The molecule has 21 heavy (non-hydrogen) atoms. The first-order valence-corrected chi connectivity index (χ1v) is 7.40. The summed E-state index contributed by atoms with van der Waals surface area (Å²) in [5.41, 5.74) is 0.353. The molecule has 3 rings (SSSR count). The van der Waals surface area contributed by atoms with E-state index in [0.717, 1.165) is 11.3 Å². The summed E-state index contributed by atoms with van der Waals surface area (Å²) in [6.07, 6.45) is -3.35. The molecular formula is C12H15N3O5S. The molecule has 0 aromatic carbocycles. The number of aliphatic hydroxyl groups excluding tert-OH is 2. The molecule has 9 heteroatoms. The van der Waals surface area contributed by atoms with Gasteiger partial charge in [-0.1, -0.05) is 18.3 Å². The number of fused-ring (bicyclic) bond motifs is 1. The molecule has 3 heterocycles. The van der Waals surface area contributed by atoms with Crippen LogP contribution in [0, 0.1) is 5.41 Å². The molecule has 1 aromatic rings. The van der Waals surface area contributed by atoms with Crippen molar-refractivity contribution in [3.05, 3.63) is 20.2 Å². The van der Waals surface area contributed by atoms with Crippen LogP contribution in [0.25, 0.3) is 0 Å². The summed E-state index contributed by atoms with van der Waals surface area (Å²) in [6.45, 7) is 1.80. The number of amides is 1. The van der Waals surface area contributed by atoms with Gasteiger partial charge in [0.15, 0.2) is 6.23 Å². The van der Waals surface area contributed by atoms with Gasteiger partial charge in [0.1, 0.15) is 22.9 Å². The summed E-state index contributed by atoms with van der Waals surface area (Å²) >= 11 is 0.752. The van der Waals surface area contributed by atoms with Crippen molar-refractivity contribution in [2.75, 3.05) is 0 Å². The van der Waals surface area contributed by atoms with Crippen LogP contribution in [0.2, 0.25) is 0 Å². The zero-order valence-corrected chi connectivity index (χ0v) is 12.0. The van der Waals surface area contributed by atoms with Crippen LogP contribution in [0.4, 0.5) is 0 Å². The van der Waals surface area contributed by atoms with Gasteiger partial charge in [-0.05, 0) is 6.42 Å². The van der Waals surface area contributed by atoms with Gasteiger partial charge in [0.2, 0.25) is 0 Å². The van der Waals surface area contributed by atoms with E-state index in [-0.39, 0.29) is 17.1 Å². The molecule has 2 aliphatic rings. The van der Waals surface area contributed by atoms with E-state index in [9.17, 15) is 19.8 Å². The van der Waals surface area contributed by atoms with Gasteiger partial charge < -0.3 is 20.3 Å². The van der Waals surface area contributed by atoms with Crippen LogP contribution >= 0.6 is 11.3 Å². The minimum Gasteiger partial charge on any atom is -0.388 e. The predicted molar refractivity (Wildman–Crippen MR) is 73.7 cm³/mol. The van der Waals surface area contributed by atoms with Gasteiger partial charge in [-0.2, -0.15) is 0 Å². The van der Waals surface area contributed by atoms with E-state index in [2.05, 4.69) is 5.32 Å². The lowest BCUT2D eigenvalue weighted by atomic mass is 10.1. The van der Waals surface area contributed by atoms with Gasteiger partial charge in [-0.3, -0.25) is 19.6 Å². The topological polar surface area (TPSA) is 125 Å². The molecule has 1 fully saturated rings. The first kappa shape index (κ1) is 14.4. The highest BCUT2D eigenvalue weighted by Crippen LogP contribution is 2.33. The number of nitrogens with zero attached hydrogens (tertiary/aromatic N) is 1. The Morgan fingerprint density at radius 1 is 1.43 bits per heavy atom. The molecule has 0 radical (unpaired) electrons. The number of rotatable bonds is 2. The maximum atomic E-state index is 12.2. The number of aromatic nitrogens is 1. The van der Waals surface area contributed by atoms with Crippen LogP contribution in [0.3, 0.4) is 0 Å². The summed E-state index contributed by atoms with van der Waals surface area (Å²) < 4.78 is 6.76. The summed E-state index contributed by atoms with van der Waals surface area (Å²) in [4.78, 5) is 23.7. The molecule has 114 valence electrons. The first-order valence-electron chi connectivity index (χ1n) is 6.58. The SMILES string of the molecule is CC[C@H]1OC(n2c3c(sc2=O)C(=O)NC(=N)C3)[C@H](O)[C@@H]1O. The van der Waals surface area contributed by atoms with Gasteiger partial charge in [0.25, 0.3) is 5.91 Å². The lowest BCUT2D eigenvalue weighted by Crippen LogP contribution is -2.39. The lowest BCUT2D eigenvalue weighted by molar-refractivity contribution is -0.0400. The normalized spacial score (nSPS) is 32.1. The fourth-order valence-electron chi connectivity index (χ4n) is 2.70. The zero-order chi connectivity index (χ0) is 15.3. The van der Waals surface area contributed by atoms with Crippen LogP contribution in [0.15, 0.2) is 4.79 Å². The highest BCUT2D eigenvalue weighted by Gasteiger charge is 2.45. The number of hydrogen-bond acceptors (Lipinski definition) is 7. The lowest BCUT2D eigenvalue weighted by Gasteiger charge is -2.21. The molecule has 1 aromatic heterocycles. The van der Waals surface area contributed by atoms with Crippen molar-refractivity contribution in [2.45, 2.75) is 44.3 Å². The molecule has 8 nitrogen and oxygen atoms in total. The Morgan fingerprint density at radius 3 is 2.76 bits per heavy atom. The molecule has 0 aliphatic carbocycles. The van der Waals surface area contributed by atoms with Crippen molar-refractivity contribution >= 4 is 23.1 Å². The number of thiazole rings is 1. The van der Waals surface area contributed by atoms with E-state index < -0.39 is 35.3 Å². The second kappa shape index (κ2) is 5.02. The molecule has 4 atom stereocenters. The van der Waals surface area contributed by atoms with Crippen molar-refractivity contribution in [2.24, 2.45) is 0 Å². The molecular weight excluding hydrogens is 298 g/mol. The zero-order valence-electron chi connectivity index (χ0n) is 11.2. The Bertz CT molecular complexity index is 666. The Kier molecular flexibility index (Phi) is 3.44. The Morgan fingerprint density at radius 2 is 2.14 bits per heavy atom. The van der Waals surface area contributed by atoms with Crippen LogP contribution in [0.1, 0.15) is 34.9 Å². The third-order valence-corrected chi connectivity index (χ3v) is 4.74. The Balaban J connectivity index is 2.06. The minimum absolute atomic E-state index is 0.0147. The van der Waals surface area contributed by atoms with Crippen LogP contribution in [0.5, 0.6) is 0 Å². The number of hydrogen-bond donors (Lipinski definition) is 4. The molecule has 1 unspecified atom stereocenters. The summed E-state index contributed by atoms with van der Waals surface area (Å²) in [7, 11) is 0. The van der Waals surface area contributed by atoms with Gasteiger partial charge >= 0.3 is 4.87 Å². The maximum absolute atomic E-state index is 12.2. The second-order valence-corrected chi connectivity index (χ2v) is 6.04. The first-order chi connectivity index (χ1) is 9.93. The third-order valence-electron chi connectivity index (χ3n) is 3.75. The number of carbonyl (C=O) groups excluding carboxylic acids is 1. The minimum atomic E-state index is -1.24. The molecule has 1 amide bonds. The molecule has 1 saturated heterocycles. The number of aliphatic hydroxyl groups is 2. The van der Waals surface area contributed by atoms with Crippen molar-refractivity contribution in [1.29, 1.82) is 5.41 Å². The number of carbonyl (C=O) groups is 1. The van der Waals surface area contributed by atoms with Crippen molar-refractivity contribution < 1.29 is 19.7 Å². The van der Waals surface area contributed by atoms with Crippen LogP contribution < -0.4 is 10.2 Å². The standard InChI is InChI=1S/C12H15N3O5S/c1-2-5-7(16)8(17)11(20-5)15-4-3-6(13)14-10(18)9(4)21-12(15)19/h5,7-8,11,16-17H,2-3H2,1H3,(H2,13,14,18)/t5-,7-,8-,11?/m1/s1. The van der Waals surface area contributed by atoms with Crippen LogP contribution in [-0.2, 0) is 11.2 Å². The Hall–Kier alpha value is -1.55. The molecule has 4 N–H and O–H groups in total. The predicted octanol–water partition coefficient (Wildman–Crippen LogP) is -0.798. The molecule has 0 saturated carbocycles. The fourth-order valence-corrected chi connectivity index (χ4v) is 3.62. The Labute approximate surface area is 123 Å². The van der Waals surface area contributed by atoms with Gasteiger partial charge in [0.05, 0.1) is 11.8 Å². The quantitative estimate of drug-likeness (QED) is 0.569. The molecule has 2 aliphatic heterocycles. The van der Waals surface area contributed by atoms with Crippen molar-refractivity contribution in [3.8, 4) is 0 Å². The second-order valence-electron chi connectivity index (χ2n) is 5.08. The summed E-state index contributed by atoms with van der Waals surface area (Å²) in [5.74, 6) is -0.513. The van der Waals surface area contributed by atoms with E-state index in [0.29, 0.717) is 12.1 Å². The largest absolute Gasteiger partial charge is 0.388 e. The van der Waals surface area contributed by atoms with Crippen LogP contribution in [-0.4, -0.2) is 44.8 Å². The smallest absolute Gasteiger partial charge is 0.310 e. The van der Waals surface area contributed by atoms with E-state index in [1.54, 1.807) is 6.92 Å². The van der Waals surface area contributed by atoms with Gasteiger partial charge in [-0.15, -0.1) is 0 Å². The number of amidine groups is 1. The van der Waals surface area contributed by atoms with E-state index in [4.69, 9.17) is 10.1 Å². The van der Waals surface area contributed by atoms with Crippen molar-refractivity contribution in [1.82, 2.24) is 9.88 Å². The highest BCUT2D eigenvalue weighted by atomic mass is 32.1. The average molecular weight is 313 g/mol. The molecule has 0 bridgehead atoms. The van der Waals surface area contributed by atoms with Gasteiger partial charge in [0, 0.05) is 6.42 Å². The van der Waals surface area contributed by atoms with E-state index in [1.165, 1.54) is 4.57 Å². The average Bonchev–Trinajstić information content (AvgIpc) is 2.89. The van der Waals surface area contributed by atoms with Gasteiger partial charge in [-0.25, -0.2) is 0 Å². The number of nitrogens with one attached hydrogen (secondary N) is 2. The number of ether oxygens (including phenoxy) is 1. The van der Waals surface area contributed by atoms with Crippen molar-refractivity contribution in [3.63, 3.8) is 0 Å². The van der Waals surface area contributed by atoms with E-state index >= 15 is 0 Å². The fraction of sp³-hybridized carbons (Fsp3) is 0.583. The molecule has 0 spiro atoms. The maximum Gasteiger partial charge on any atom is 0.310 e. The summed E-state index contributed by atoms with van der Waals surface area (Å²) in [5, 5.41) is 30.0.